The van der Waals surface area contributed by atoms with Gasteiger partial charge in [0.25, 0.3) is 5.91 Å². The third-order valence-electron chi connectivity index (χ3n) is 5.35. The molecule has 0 spiro atoms. The van der Waals surface area contributed by atoms with Gasteiger partial charge in [0.1, 0.15) is 5.58 Å². The highest BCUT2D eigenvalue weighted by molar-refractivity contribution is 5.87. The van der Waals surface area contributed by atoms with Gasteiger partial charge in [-0.2, -0.15) is 0 Å². The molecular weight excluding hydrogens is 330 g/mol. The van der Waals surface area contributed by atoms with Gasteiger partial charge in [-0.25, -0.2) is 0 Å². The highest BCUT2D eigenvalue weighted by atomic mass is 16.5. The molecule has 0 unspecified atom stereocenters. The van der Waals surface area contributed by atoms with E-state index >= 15 is 0 Å². The molecule has 140 valence electrons. The molecule has 1 aliphatic carbocycles. The van der Waals surface area contributed by atoms with Crippen LogP contribution in [0.2, 0.25) is 0 Å². The normalized spacial score (nSPS) is 20.1. The summed E-state index contributed by atoms with van der Waals surface area (Å²) in [5, 5.41) is 3.88. The molecule has 5 heteroatoms. The molecular formula is C21H27NO4. The van der Waals surface area contributed by atoms with E-state index in [1.165, 1.54) is 0 Å². The minimum absolute atomic E-state index is 0.101. The molecule has 1 aromatic heterocycles. The van der Waals surface area contributed by atoms with Gasteiger partial charge in [0.05, 0.1) is 12.7 Å². The quantitative estimate of drug-likeness (QED) is 0.826. The number of carbonyl (C=O) groups is 2. The number of nitrogens with one attached hydrogen (secondary N) is 1. The number of hydrogen-bond donors (Lipinski definition) is 1. The van der Waals surface area contributed by atoms with E-state index in [4.69, 9.17) is 9.15 Å². The van der Waals surface area contributed by atoms with E-state index in [1.54, 1.807) is 6.26 Å². The lowest BCUT2D eigenvalue weighted by Crippen LogP contribution is -2.39. The second-order valence-corrected chi connectivity index (χ2v) is 7.56. The van der Waals surface area contributed by atoms with Gasteiger partial charge in [0, 0.05) is 17.0 Å². The van der Waals surface area contributed by atoms with Crippen LogP contribution in [0.4, 0.5) is 0 Å². The first-order valence-electron chi connectivity index (χ1n) is 9.34. The summed E-state index contributed by atoms with van der Waals surface area (Å²) in [4.78, 5) is 24.1. The van der Waals surface area contributed by atoms with Gasteiger partial charge >= 0.3 is 5.97 Å². The molecule has 5 nitrogen and oxygen atoms in total. The minimum atomic E-state index is -0.418. The zero-order chi connectivity index (χ0) is 18.7. The summed E-state index contributed by atoms with van der Waals surface area (Å²) in [5.41, 5.74) is 3.85. The van der Waals surface area contributed by atoms with Crippen LogP contribution in [0.15, 0.2) is 22.8 Å². The third kappa shape index (κ3) is 4.45. The zero-order valence-electron chi connectivity index (χ0n) is 15.8. The van der Waals surface area contributed by atoms with Crippen LogP contribution in [0.1, 0.15) is 49.3 Å². The van der Waals surface area contributed by atoms with Crippen molar-refractivity contribution < 1.29 is 18.7 Å². The molecule has 26 heavy (non-hydrogen) atoms. The Hall–Kier alpha value is -2.30. The van der Waals surface area contributed by atoms with Gasteiger partial charge in [-0.3, -0.25) is 9.59 Å². The molecule has 2 aromatic rings. The molecule has 1 fully saturated rings. The van der Waals surface area contributed by atoms with Crippen molar-refractivity contribution in [3.8, 4) is 0 Å². The summed E-state index contributed by atoms with van der Waals surface area (Å²) in [5.74, 6) is 0.0953. The first-order valence-corrected chi connectivity index (χ1v) is 9.34. The number of ether oxygens (including phenoxy) is 1. The summed E-state index contributed by atoms with van der Waals surface area (Å²) >= 11 is 0. The van der Waals surface area contributed by atoms with Crippen molar-refractivity contribution in [3.05, 3.63) is 35.1 Å². The first kappa shape index (κ1) is 18.5. The summed E-state index contributed by atoms with van der Waals surface area (Å²) in [6.07, 6.45) is 5.97. The van der Waals surface area contributed by atoms with E-state index in [0.717, 1.165) is 59.3 Å². The van der Waals surface area contributed by atoms with Crippen molar-refractivity contribution in [1.29, 1.82) is 0 Å². The van der Waals surface area contributed by atoms with E-state index < -0.39 is 5.97 Å². The van der Waals surface area contributed by atoms with Crippen molar-refractivity contribution in [1.82, 2.24) is 5.32 Å². The molecule has 3 rings (SSSR count). The lowest BCUT2D eigenvalue weighted by Gasteiger charge is -2.26. The fraction of sp³-hybridized carbons (Fsp3) is 0.524. The average molecular weight is 357 g/mol. The predicted molar refractivity (Wildman–Crippen MR) is 99.9 cm³/mol. The van der Waals surface area contributed by atoms with Crippen molar-refractivity contribution in [3.63, 3.8) is 0 Å². The topological polar surface area (TPSA) is 68.5 Å². The maximum Gasteiger partial charge on any atom is 0.310 e. The highest BCUT2D eigenvalue weighted by Crippen LogP contribution is 2.25. The van der Waals surface area contributed by atoms with Gasteiger partial charge in [0.2, 0.25) is 0 Å². The second-order valence-electron chi connectivity index (χ2n) is 7.56. The van der Waals surface area contributed by atoms with Gasteiger partial charge in [-0.05, 0) is 68.7 Å². The molecule has 0 saturated heterocycles. The molecule has 1 N–H and O–H groups in total. The minimum Gasteiger partial charge on any atom is -0.464 e. The SMILES string of the molecule is Cc1cc2occ(CC(=O)OCC(=O)NC3CCC(C)CC3)c2cc1C. The highest BCUT2D eigenvalue weighted by Gasteiger charge is 2.20. The number of benzene rings is 1. The van der Waals surface area contributed by atoms with Gasteiger partial charge in [-0.1, -0.05) is 6.92 Å². The predicted octanol–water partition coefficient (Wildman–Crippen LogP) is 3.83. The molecule has 1 saturated carbocycles. The number of esters is 1. The van der Waals surface area contributed by atoms with Gasteiger partial charge in [-0.15, -0.1) is 0 Å². The fourth-order valence-electron chi connectivity index (χ4n) is 3.50. The zero-order valence-corrected chi connectivity index (χ0v) is 15.8. The molecule has 1 aromatic carbocycles. The standard InChI is InChI=1S/C21H27NO4/c1-13-4-6-17(7-5-13)22-20(23)12-26-21(24)10-16-11-25-19-9-15(3)14(2)8-18(16)19/h8-9,11,13,17H,4-7,10,12H2,1-3H3,(H,22,23). The summed E-state index contributed by atoms with van der Waals surface area (Å²) < 4.78 is 10.7. The summed E-state index contributed by atoms with van der Waals surface area (Å²) in [6.45, 7) is 6.07. The molecule has 1 aliphatic rings. The van der Waals surface area contributed by atoms with Crippen LogP contribution in [0.3, 0.4) is 0 Å². The summed E-state index contributed by atoms with van der Waals surface area (Å²) in [6, 6.07) is 4.20. The average Bonchev–Trinajstić information content (AvgIpc) is 2.97. The Kier molecular flexibility index (Phi) is 5.64. The van der Waals surface area contributed by atoms with Crippen molar-refractivity contribution in [2.45, 2.75) is 58.9 Å². The lowest BCUT2D eigenvalue weighted by atomic mass is 9.87. The fourth-order valence-corrected chi connectivity index (χ4v) is 3.50. The van der Waals surface area contributed by atoms with Gasteiger partial charge in [0.15, 0.2) is 6.61 Å². The van der Waals surface area contributed by atoms with Gasteiger partial charge < -0.3 is 14.5 Å². The van der Waals surface area contributed by atoms with E-state index in [0.29, 0.717) is 0 Å². The summed E-state index contributed by atoms with van der Waals surface area (Å²) in [7, 11) is 0. The number of hydrogen-bond acceptors (Lipinski definition) is 4. The Morgan fingerprint density at radius 3 is 2.58 bits per heavy atom. The van der Waals surface area contributed by atoms with Crippen LogP contribution in [0, 0.1) is 19.8 Å². The van der Waals surface area contributed by atoms with E-state index in [2.05, 4.69) is 12.2 Å². The van der Waals surface area contributed by atoms with Crippen molar-refractivity contribution in [2.75, 3.05) is 6.61 Å². The Morgan fingerprint density at radius 1 is 1.15 bits per heavy atom. The van der Waals surface area contributed by atoms with E-state index in [-0.39, 0.29) is 25.0 Å². The van der Waals surface area contributed by atoms with Crippen LogP contribution in [-0.2, 0) is 20.7 Å². The van der Waals surface area contributed by atoms with Crippen LogP contribution in [0.5, 0.6) is 0 Å². The van der Waals surface area contributed by atoms with Crippen molar-refractivity contribution >= 4 is 22.8 Å². The molecule has 1 heterocycles. The third-order valence-corrected chi connectivity index (χ3v) is 5.35. The van der Waals surface area contributed by atoms with Crippen LogP contribution in [0.25, 0.3) is 11.0 Å². The Balaban J connectivity index is 1.50. The first-order chi connectivity index (χ1) is 12.4. The number of rotatable bonds is 5. The molecule has 1 amide bonds. The lowest BCUT2D eigenvalue weighted by molar-refractivity contribution is -0.148. The number of furan rings is 1. The Morgan fingerprint density at radius 2 is 1.85 bits per heavy atom. The van der Waals surface area contributed by atoms with E-state index in [1.807, 2.05) is 26.0 Å². The maximum atomic E-state index is 12.1. The number of aryl methyl sites for hydroxylation is 2. The largest absolute Gasteiger partial charge is 0.464 e. The Labute approximate surface area is 154 Å². The van der Waals surface area contributed by atoms with Crippen LogP contribution >= 0.6 is 0 Å². The number of carbonyl (C=O) groups excluding carboxylic acids is 2. The molecule has 0 atom stereocenters. The maximum absolute atomic E-state index is 12.1. The smallest absolute Gasteiger partial charge is 0.310 e. The number of fused-ring (bicyclic) bond motifs is 1. The van der Waals surface area contributed by atoms with Crippen LogP contribution < -0.4 is 5.32 Å². The molecule has 0 bridgehead atoms. The molecule has 0 radical (unpaired) electrons. The van der Waals surface area contributed by atoms with Crippen molar-refractivity contribution in [2.24, 2.45) is 5.92 Å². The second kappa shape index (κ2) is 7.94. The van der Waals surface area contributed by atoms with E-state index in [9.17, 15) is 9.59 Å². The Bertz CT molecular complexity index is 800. The van der Waals surface area contributed by atoms with Crippen LogP contribution in [-0.4, -0.2) is 24.5 Å². The molecule has 0 aliphatic heterocycles. The number of amides is 1. The monoisotopic (exact) mass is 357 g/mol.